The molecule has 0 bridgehead atoms. The zero-order valence-corrected chi connectivity index (χ0v) is 11.3. The lowest BCUT2D eigenvalue weighted by molar-refractivity contribution is -0.118. The van der Waals surface area contributed by atoms with E-state index in [0.29, 0.717) is 30.9 Å². The number of hydrogen-bond donors (Lipinski definition) is 2. The molecule has 0 radical (unpaired) electrons. The lowest BCUT2D eigenvalue weighted by Crippen LogP contribution is -2.18. The minimum Gasteiger partial charge on any atom is -0.494 e. The average Bonchev–Trinajstić information content (AvgIpc) is 2.42. The molecule has 0 saturated heterocycles. The highest BCUT2D eigenvalue weighted by molar-refractivity contribution is 6.18. The fraction of sp³-hybridized carbons (Fsp3) is 0.462. The van der Waals surface area contributed by atoms with E-state index in [0.717, 1.165) is 0 Å². The second kappa shape index (κ2) is 8.61. The number of benzene rings is 1. The molecule has 0 aliphatic heterocycles. The van der Waals surface area contributed by atoms with Crippen LogP contribution in [-0.4, -0.2) is 36.2 Å². The Bertz CT molecular complexity index is 383. The van der Waals surface area contributed by atoms with Gasteiger partial charge in [-0.25, -0.2) is 0 Å². The molecule has 1 amide bonds. The molecule has 3 N–H and O–H groups in total. The lowest BCUT2D eigenvalue weighted by atomic mass is 10.3. The van der Waals surface area contributed by atoms with Crippen LogP contribution in [0.3, 0.4) is 0 Å². The third-order valence-corrected chi connectivity index (χ3v) is 2.64. The molecule has 0 aliphatic rings. The van der Waals surface area contributed by atoms with E-state index in [2.05, 4.69) is 0 Å². The van der Waals surface area contributed by atoms with Crippen molar-refractivity contribution in [3.05, 3.63) is 24.3 Å². The summed E-state index contributed by atoms with van der Waals surface area (Å²) >= 11 is 5.45. The quantitative estimate of drug-likeness (QED) is 0.530. The normalized spacial score (nSPS) is 11.9. The Balaban J connectivity index is 2.29. The third kappa shape index (κ3) is 6.88. The number of carbonyl (C=O) groups is 1. The summed E-state index contributed by atoms with van der Waals surface area (Å²) in [6.45, 7) is 0.594. The van der Waals surface area contributed by atoms with Gasteiger partial charge in [-0.05, 0) is 30.7 Å². The van der Waals surface area contributed by atoms with Crippen molar-refractivity contribution >= 4 is 17.5 Å². The summed E-state index contributed by atoms with van der Waals surface area (Å²) in [7, 11) is 0. The molecule has 5 nitrogen and oxygen atoms in total. The maximum absolute atomic E-state index is 10.5. The van der Waals surface area contributed by atoms with Crippen LogP contribution in [0.5, 0.6) is 11.5 Å². The number of hydrogen-bond acceptors (Lipinski definition) is 4. The van der Waals surface area contributed by atoms with Crippen molar-refractivity contribution in [2.24, 2.45) is 5.73 Å². The monoisotopic (exact) mass is 287 g/mol. The Morgan fingerprint density at radius 2 is 1.84 bits per heavy atom. The standard InChI is InChI=1S/C13H18ClNO4/c14-8-10(16)9-19-12-5-3-11(4-6-12)18-7-1-2-13(15)17/h3-6,10,16H,1-2,7-9H2,(H2,15,17). The van der Waals surface area contributed by atoms with Crippen molar-refractivity contribution in [2.45, 2.75) is 18.9 Å². The maximum atomic E-state index is 10.5. The molecule has 6 heteroatoms. The molecular formula is C13H18ClNO4. The highest BCUT2D eigenvalue weighted by Crippen LogP contribution is 2.18. The number of nitrogens with two attached hydrogens (primary N) is 1. The van der Waals surface area contributed by atoms with Gasteiger partial charge in [0, 0.05) is 6.42 Å². The van der Waals surface area contributed by atoms with E-state index in [9.17, 15) is 9.90 Å². The van der Waals surface area contributed by atoms with E-state index in [1.807, 2.05) is 0 Å². The number of carbonyl (C=O) groups excluding carboxylic acids is 1. The van der Waals surface area contributed by atoms with Crippen LogP contribution < -0.4 is 15.2 Å². The highest BCUT2D eigenvalue weighted by Gasteiger charge is 2.03. The van der Waals surface area contributed by atoms with Crippen LogP contribution in [-0.2, 0) is 4.79 Å². The Hall–Kier alpha value is -1.46. The van der Waals surface area contributed by atoms with Gasteiger partial charge in [0.05, 0.1) is 12.5 Å². The van der Waals surface area contributed by atoms with Crippen LogP contribution >= 0.6 is 11.6 Å². The molecule has 106 valence electrons. The molecule has 0 aliphatic carbocycles. The Kier molecular flexibility index (Phi) is 7.07. The number of halogens is 1. The number of rotatable bonds is 9. The first-order valence-electron chi connectivity index (χ1n) is 6.00. The summed E-state index contributed by atoms with van der Waals surface area (Å²) in [6, 6.07) is 6.99. The van der Waals surface area contributed by atoms with Gasteiger partial charge in [0.2, 0.25) is 5.91 Å². The van der Waals surface area contributed by atoms with E-state index in [-0.39, 0.29) is 18.4 Å². The van der Waals surface area contributed by atoms with E-state index in [1.54, 1.807) is 24.3 Å². The fourth-order valence-electron chi connectivity index (χ4n) is 1.31. The van der Waals surface area contributed by atoms with Crippen molar-refractivity contribution in [3.8, 4) is 11.5 Å². The van der Waals surface area contributed by atoms with Gasteiger partial charge in [0.15, 0.2) is 0 Å². The SMILES string of the molecule is NC(=O)CCCOc1ccc(OCC(O)CCl)cc1. The van der Waals surface area contributed by atoms with Gasteiger partial charge in [-0.15, -0.1) is 11.6 Å². The average molecular weight is 288 g/mol. The van der Waals surface area contributed by atoms with Crippen molar-refractivity contribution in [1.82, 2.24) is 0 Å². The molecule has 0 spiro atoms. The Morgan fingerprint density at radius 1 is 1.26 bits per heavy atom. The lowest BCUT2D eigenvalue weighted by Gasteiger charge is -2.10. The largest absolute Gasteiger partial charge is 0.494 e. The number of amides is 1. The van der Waals surface area contributed by atoms with Gasteiger partial charge in [0.25, 0.3) is 0 Å². The number of primary amides is 1. The summed E-state index contributed by atoms with van der Waals surface area (Å²) in [4.78, 5) is 10.5. The second-order valence-electron chi connectivity index (χ2n) is 4.01. The first kappa shape index (κ1) is 15.6. The van der Waals surface area contributed by atoms with Crippen LogP contribution in [0.15, 0.2) is 24.3 Å². The Morgan fingerprint density at radius 3 is 2.37 bits per heavy atom. The second-order valence-corrected chi connectivity index (χ2v) is 4.32. The third-order valence-electron chi connectivity index (χ3n) is 2.28. The summed E-state index contributed by atoms with van der Waals surface area (Å²) in [5.41, 5.74) is 5.02. The van der Waals surface area contributed by atoms with Crippen LogP contribution in [0, 0.1) is 0 Å². The molecule has 0 heterocycles. The van der Waals surface area contributed by atoms with Crippen molar-refractivity contribution in [3.63, 3.8) is 0 Å². The zero-order valence-electron chi connectivity index (χ0n) is 10.5. The smallest absolute Gasteiger partial charge is 0.217 e. The van der Waals surface area contributed by atoms with Crippen molar-refractivity contribution in [1.29, 1.82) is 0 Å². The minimum absolute atomic E-state index is 0.140. The molecule has 1 aromatic rings. The predicted molar refractivity (Wildman–Crippen MR) is 72.6 cm³/mol. The van der Waals surface area contributed by atoms with Crippen molar-refractivity contribution in [2.75, 3.05) is 19.1 Å². The minimum atomic E-state index is -0.675. The van der Waals surface area contributed by atoms with E-state index < -0.39 is 6.10 Å². The van der Waals surface area contributed by atoms with Crippen molar-refractivity contribution < 1.29 is 19.4 Å². The molecule has 0 saturated carbocycles. The number of aliphatic hydroxyl groups excluding tert-OH is 1. The first-order valence-corrected chi connectivity index (χ1v) is 6.53. The van der Waals surface area contributed by atoms with Gasteiger partial charge in [-0.1, -0.05) is 0 Å². The molecule has 1 aromatic carbocycles. The van der Waals surface area contributed by atoms with Gasteiger partial charge < -0.3 is 20.3 Å². The van der Waals surface area contributed by atoms with Crippen LogP contribution in [0.4, 0.5) is 0 Å². The first-order chi connectivity index (χ1) is 9.11. The van der Waals surface area contributed by atoms with E-state index in [1.165, 1.54) is 0 Å². The number of alkyl halides is 1. The summed E-state index contributed by atoms with van der Waals surface area (Å²) in [5, 5.41) is 9.24. The van der Waals surface area contributed by atoms with Crippen LogP contribution in [0.1, 0.15) is 12.8 Å². The molecule has 1 atom stereocenters. The van der Waals surface area contributed by atoms with Gasteiger partial charge in [-0.3, -0.25) is 4.79 Å². The molecule has 1 rings (SSSR count). The summed E-state index contributed by atoms with van der Waals surface area (Å²) in [6.07, 6.45) is 0.235. The van der Waals surface area contributed by atoms with Gasteiger partial charge in [0.1, 0.15) is 24.2 Å². The number of ether oxygens (including phenoxy) is 2. The summed E-state index contributed by atoms with van der Waals surface area (Å²) < 4.78 is 10.7. The molecule has 0 fully saturated rings. The number of aliphatic hydroxyl groups is 1. The van der Waals surface area contributed by atoms with Crippen LogP contribution in [0.25, 0.3) is 0 Å². The fourth-order valence-corrected chi connectivity index (χ4v) is 1.39. The topological polar surface area (TPSA) is 81.8 Å². The molecule has 1 unspecified atom stereocenters. The molecule has 19 heavy (non-hydrogen) atoms. The van der Waals surface area contributed by atoms with Gasteiger partial charge in [-0.2, -0.15) is 0 Å². The van der Waals surface area contributed by atoms with Gasteiger partial charge >= 0.3 is 0 Å². The summed E-state index contributed by atoms with van der Waals surface area (Å²) in [5.74, 6) is 1.13. The molecule has 0 aromatic heterocycles. The maximum Gasteiger partial charge on any atom is 0.217 e. The zero-order chi connectivity index (χ0) is 14.1. The Labute approximate surface area is 117 Å². The predicted octanol–water partition coefficient (Wildman–Crippen LogP) is 1.31. The molecular weight excluding hydrogens is 270 g/mol. The highest BCUT2D eigenvalue weighted by atomic mass is 35.5. The van der Waals surface area contributed by atoms with E-state index in [4.69, 9.17) is 26.8 Å². The van der Waals surface area contributed by atoms with Crippen LogP contribution in [0.2, 0.25) is 0 Å². The van der Waals surface area contributed by atoms with E-state index >= 15 is 0 Å².